The summed E-state index contributed by atoms with van der Waals surface area (Å²) in [6, 6.07) is 13.1. The van der Waals surface area contributed by atoms with Crippen LogP contribution in [0.1, 0.15) is 18.1 Å². The maximum atomic E-state index is 12.1. The van der Waals surface area contributed by atoms with Crippen molar-refractivity contribution in [2.45, 2.75) is 19.8 Å². The molecule has 0 saturated carbocycles. The summed E-state index contributed by atoms with van der Waals surface area (Å²) >= 11 is 0. The normalized spacial score (nSPS) is 10.2. The van der Waals surface area contributed by atoms with Gasteiger partial charge >= 0.3 is 0 Å². The van der Waals surface area contributed by atoms with E-state index >= 15 is 0 Å². The van der Waals surface area contributed by atoms with Gasteiger partial charge in [0.25, 0.3) is 0 Å². The first kappa shape index (κ1) is 14.9. The predicted molar refractivity (Wildman–Crippen MR) is 85.6 cm³/mol. The number of hydrogen-bond donors (Lipinski definition) is 2. The van der Waals surface area contributed by atoms with Crippen molar-refractivity contribution in [1.82, 2.24) is 0 Å². The van der Waals surface area contributed by atoms with Gasteiger partial charge in [0.05, 0.1) is 13.5 Å². The molecule has 0 aliphatic heterocycles. The van der Waals surface area contributed by atoms with E-state index in [2.05, 4.69) is 5.32 Å². The van der Waals surface area contributed by atoms with E-state index in [9.17, 15) is 4.79 Å². The Kier molecular flexibility index (Phi) is 4.82. The summed E-state index contributed by atoms with van der Waals surface area (Å²) in [6.07, 6.45) is 1.18. The number of amides is 1. The Bertz CT molecular complexity index is 638. The molecule has 0 aliphatic rings. The molecule has 110 valence electrons. The third-order valence-electron chi connectivity index (χ3n) is 3.31. The SMILES string of the molecule is CCc1ccc(NC(=O)Cc2cccc(OC)c2)cc1N. The Hall–Kier alpha value is -2.49. The summed E-state index contributed by atoms with van der Waals surface area (Å²) in [7, 11) is 1.61. The first-order valence-electron chi connectivity index (χ1n) is 6.93. The second-order valence-corrected chi connectivity index (χ2v) is 4.84. The van der Waals surface area contributed by atoms with E-state index in [4.69, 9.17) is 10.5 Å². The van der Waals surface area contributed by atoms with Crippen molar-refractivity contribution >= 4 is 17.3 Å². The highest BCUT2D eigenvalue weighted by atomic mass is 16.5. The highest BCUT2D eigenvalue weighted by Crippen LogP contribution is 2.19. The Morgan fingerprint density at radius 3 is 2.71 bits per heavy atom. The van der Waals surface area contributed by atoms with E-state index in [1.165, 1.54) is 0 Å². The van der Waals surface area contributed by atoms with Crippen molar-refractivity contribution in [2.75, 3.05) is 18.2 Å². The van der Waals surface area contributed by atoms with Crippen LogP contribution in [0.3, 0.4) is 0 Å². The molecule has 2 aromatic rings. The van der Waals surface area contributed by atoms with Gasteiger partial charge in [-0.2, -0.15) is 0 Å². The summed E-state index contributed by atoms with van der Waals surface area (Å²) in [6.45, 7) is 2.05. The number of hydrogen-bond acceptors (Lipinski definition) is 3. The molecule has 2 rings (SSSR count). The molecule has 4 heteroatoms. The standard InChI is InChI=1S/C17H20N2O2/c1-3-13-7-8-14(11-16(13)18)19-17(20)10-12-5-4-6-15(9-12)21-2/h4-9,11H,3,10,18H2,1-2H3,(H,19,20). The minimum atomic E-state index is -0.0769. The lowest BCUT2D eigenvalue weighted by molar-refractivity contribution is -0.115. The maximum absolute atomic E-state index is 12.1. The zero-order chi connectivity index (χ0) is 15.2. The molecule has 1 amide bonds. The first-order chi connectivity index (χ1) is 10.1. The second-order valence-electron chi connectivity index (χ2n) is 4.84. The Morgan fingerprint density at radius 1 is 1.24 bits per heavy atom. The van der Waals surface area contributed by atoms with E-state index in [0.717, 1.165) is 29.0 Å². The molecule has 0 atom stereocenters. The smallest absolute Gasteiger partial charge is 0.228 e. The van der Waals surface area contributed by atoms with Gasteiger partial charge in [-0.3, -0.25) is 4.79 Å². The number of carbonyl (C=O) groups is 1. The van der Waals surface area contributed by atoms with E-state index in [0.29, 0.717) is 12.1 Å². The molecule has 0 spiro atoms. The van der Waals surface area contributed by atoms with Crippen molar-refractivity contribution in [3.05, 3.63) is 53.6 Å². The molecule has 0 heterocycles. The van der Waals surface area contributed by atoms with Gasteiger partial charge in [-0.25, -0.2) is 0 Å². The minimum absolute atomic E-state index is 0.0769. The summed E-state index contributed by atoms with van der Waals surface area (Å²) in [4.78, 5) is 12.1. The van der Waals surface area contributed by atoms with Gasteiger partial charge in [-0.05, 0) is 41.8 Å². The molecule has 21 heavy (non-hydrogen) atoms. The van der Waals surface area contributed by atoms with Gasteiger partial charge in [0, 0.05) is 11.4 Å². The van der Waals surface area contributed by atoms with Crippen molar-refractivity contribution in [3.8, 4) is 5.75 Å². The Morgan fingerprint density at radius 2 is 2.05 bits per heavy atom. The van der Waals surface area contributed by atoms with Crippen molar-refractivity contribution < 1.29 is 9.53 Å². The number of benzene rings is 2. The molecule has 0 fully saturated rings. The molecular weight excluding hydrogens is 264 g/mol. The van der Waals surface area contributed by atoms with Gasteiger partial charge in [-0.1, -0.05) is 25.1 Å². The highest BCUT2D eigenvalue weighted by molar-refractivity contribution is 5.92. The summed E-state index contributed by atoms with van der Waals surface area (Å²) in [5.41, 5.74) is 9.35. The number of nitrogen functional groups attached to an aromatic ring is 1. The van der Waals surface area contributed by atoms with Crippen molar-refractivity contribution in [2.24, 2.45) is 0 Å². The quantitative estimate of drug-likeness (QED) is 0.829. The van der Waals surface area contributed by atoms with Crippen LogP contribution in [-0.2, 0) is 17.6 Å². The topological polar surface area (TPSA) is 64.3 Å². The van der Waals surface area contributed by atoms with Crippen LogP contribution in [0, 0.1) is 0 Å². The molecular formula is C17H20N2O2. The highest BCUT2D eigenvalue weighted by Gasteiger charge is 2.06. The number of nitrogens with two attached hydrogens (primary N) is 1. The van der Waals surface area contributed by atoms with Crippen LogP contribution in [-0.4, -0.2) is 13.0 Å². The van der Waals surface area contributed by atoms with E-state index < -0.39 is 0 Å². The van der Waals surface area contributed by atoms with Gasteiger partial charge < -0.3 is 15.8 Å². The average molecular weight is 284 g/mol. The zero-order valence-corrected chi connectivity index (χ0v) is 12.3. The van der Waals surface area contributed by atoms with Crippen molar-refractivity contribution in [1.29, 1.82) is 0 Å². The van der Waals surface area contributed by atoms with Crippen LogP contribution in [0.4, 0.5) is 11.4 Å². The molecule has 0 radical (unpaired) electrons. The molecule has 0 unspecified atom stereocenters. The zero-order valence-electron chi connectivity index (χ0n) is 12.3. The van der Waals surface area contributed by atoms with Crippen LogP contribution in [0.15, 0.2) is 42.5 Å². The molecule has 2 aromatic carbocycles. The lowest BCUT2D eigenvalue weighted by Gasteiger charge is -2.09. The number of anilines is 2. The molecule has 0 aromatic heterocycles. The van der Waals surface area contributed by atoms with Crippen molar-refractivity contribution in [3.63, 3.8) is 0 Å². The van der Waals surface area contributed by atoms with Gasteiger partial charge in [-0.15, -0.1) is 0 Å². The van der Waals surface area contributed by atoms with E-state index in [1.807, 2.05) is 43.3 Å². The minimum Gasteiger partial charge on any atom is -0.497 e. The lowest BCUT2D eigenvalue weighted by atomic mass is 10.1. The first-order valence-corrected chi connectivity index (χ1v) is 6.93. The van der Waals surface area contributed by atoms with Crippen LogP contribution >= 0.6 is 0 Å². The van der Waals surface area contributed by atoms with Crippen LogP contribution in [0.2, 0.25) is 0 Å². The fourth-order valence-corrected chi connectivity index (χ4v) is 2.17. The predicted octanol–water partition coefficient (Wildman–Crippen LogP) is 3.02. The molecule has 0 aliphatic carbocycles. The summed E-state index contributed by atoms with van der Waals surface area (Å²) < 4.78 is 5.15. The monoisotopic (exact) mass is 284 g/mol. The fraction of sp³-hybridized carbons (Fsp3) is 0.235. The average Bonchev–Trinajstić information content (AvgIpc) is 2.47. The number of nitrogens with one attached hydrogen (secondary N) is 1. The molecule has 3 N–H and O–H groups in total. The Labute approximate surface area is 124 Å². The third-order valence-corrected chi connectivity index (χ3v) is 3.31. The van der Waals surface area contributed by atoms with Gasteiger partial charge in [0.2, 0.25) is 5.91 Å². The van der Waals surface area contributed by atoms with Crippen LogP contribution in [0.25, 0.3) is 0 Å². The maximum Gasteiger partial charge on any atom is 0.228 e. The number of aryl methyl sites for hydroxylation is 1. The molecule has 0 bridgehead atoms. The fourth-order valence-electron chi connectivity index (χ4n) is 2.17. The van der Waals surface area contributed by atoms with Crippen LogP contribution < -0.4 is 15.8 Å². The van der Waals surface area contributed by atoms with Gasteiger partial charge in [0.1, 0.15) is 5.75 Å². The molecule has 4 nitrogen and oxygen atoms in total. The number of methoxy groups -OCH3 is 1. The number of ether oxygens (including phenoxy) is 1. The van der Waals surface area contributed by atoms with Gasteiger partial charge in [0.15, 0.2) is 0 Å². The largest absolute Gasteiger partial charge is 0.497 e. The Balaban J connectivity index is 2.02. The van der Waals surface area contributed by atoms with E-state index in [-0.39, 0.29) is 5.91 Å². The molecule has 0 saturated heterocycles. The van der Waals surface area contributed by atoms with E-state index in [1.54, 1.807) is 13.2 Å². The second kappa shape index (κ2) is 6.79. The summed E-state index contributed by atoms with van der Waals surface area (Å²) in [5, 5.41) is 2.86. The summed E-state index contributed by atoms with van der Waals surface area (Å²) in [5.74, 6) is 0.670. The van der Waals surface area contributed by atoms with Crippen LogP contribution in [0.5, 0.6) is 5.75 Å². The number of carbonyl (C=O) groups excluding carboxylic acids is 1. The third kappa shape index (κ3) is 3.99. The number of rotatable bonds is 5. The lowest BCUT2D eigenvalue weighted by Crippen LogP contribution is -2.14.